The Balaban J connectivity index is 0.000000168. The van der Waals surface area contributed by atoms with Gasteiger partial charge in [0.1, 0.15) is 6.33 Å². The van der Waals surface area contributed by atoms with Crippen LogP contribution in [0.15, 0.2) is 112 Å². The molecule has 3 radical (unpaired) electrons. The average Bonchev–Trinajstić information content (AvgIpc) is 3.48. The molecule has 8 rings (SSSR count). The van der Waals surface area contributed by atoms with E-state index < -0.39 is 0 Å². The van der Waals surface area contributed by atoms with Crippen molar-refractivity contribution in [2.45, 2.75) is 13.0 Å². The molecule has 1 aliphatic heterocycles. The Bertz CT molecular complexity index is 1950. The van der Waals surface area contributed by atoms with Gasteiger partial charge in [-0.05, 0) is 66.6 Å². The molecule has 0 aliphatic carbocycles. The maximum Gasteiger partial charge on any atom is 1.00 e. The molecule has 0 amide bonds. The summed E-state index contributed by atoms with van der Waals surface area (Å²) >= 11 is 7.10. The summed E-state index contributed by atoms with van der Waals surface area (Å²) in [4.78, 5) is 4.51. The average molecular weight is 630 g/mol. The molecule has 3 nitrogen and oxygen atoms in total. The maximum atomic E-state index is 4.51. The van der Waals surface area contributed by atoms with Crippen LogP contribution in [0.3, 0.4) is 0 Å². The Morgan fingerprint density at radius 3 is 2.21 bits per heavy atom. The number of rotatable bonds is 0. The number of halogens is 2. The standard InChI is InChI=1S/C16H12BrN.C15H9BrN2.B.Na.H/c17-13-6-5-11-7-8-18-15-4-2-1-3-12(15)9-16(18)14(11)10-13;16-11-5-6-13-12(8-11)15-7-10-3-1-2-4-14(10)18(15)9-17-13;;;/h1-6,9-10H,7-8H2;1-9H;;;/q;;;+1;-1. The van der Waals surface area contributed by atoms with E-state index in [9.17, 15) is 0 Å². The Labute approximate surface area is 263 Å². The van der Waals surface area contributed by atoms with Gasteiger partial charge in [0.25, 0.3) is 0 Å². The van der Waals surface area contributed by atoms with Gasteiger partial charge in [0, 0.05) is 56.8 Å². The van der Waals surface area contributed by atoms with E-state index in [1.54, 1.807) is 0 Å². The molecule has 0 unspecified atom stereocenters. The van der Waals surface area contributed by atoms with Crippen molar-refractivity contribution in [3.63, 3.8) is 0 Å². The molecule has 38 heavy (non-hydrogen) atoms. The number of hydrogen-bond donors (Lipinski definition) is 0. The summed E-state index contributed by atoms with van der Waals surface area (Å²) in [7, 11) is 0. The molecule has 0 spiro atoms. The van der Waals surface area contributed by atoms with E-state index in [0.29, 0.717) is 0 Å². The summed E-state index contributed by atoms with van der Waals surface area (Å²) < 4.78 is 6.81. The number of aromatic nitrogens is 3. The van der Waals surface area contributed by atoms with Gasteiger partial charge in [-0.3, -0.25) is 4.40 Å². The van der Waals surface area contributed by atoms with Crippen molar-refractivity contribution in [3.05, 3.63) is 118 Å². The molecule has 7 aromatic rings. The number of fused-ring (bicyclic) bond motifs is 10. The van der Waals surface area contributed by atoms with Gasteiger partial charge in [-0.25, -0.2) is 4.98 Å². The Morgan fingerprint density at radius 1 is 0.711 bits per heavy atom. The maximum absolute atomic E-state index is 4.51. The van der Waals surface area contributed by atoms with Crippen LogP contribution < -0.4 is 29.6 Å². The topological polar surface area (TPSA) is 22.2 Å². The second-order valence-electron chi connectivity index (χ2n) is 9.16. The first-order valence-corrected chi connectivity index (χ1v) is 13.6. The van der Waals surface area contributed by atoms with Crippen molar-refractivity contribution >= 4 is 78.5 Å². The molecule has 0 fully saturated rings. The van der Waals surface area contributed by atoms with Crippen LogP contribution in [-0.4, -0.2) is 22.4 Å². The van der Waals surface area contributed by atoms with Gasteiger partial charge in [-0.15, -0.1) is 0 Å². The fraction of sp³-hybridized carbons (Fsp3) is 0.0645. The van der Waals surface area contributed by atoms with Crippen LogP contribution in [-0.2, 0) is 13.0 Å². The van der Waals surface area contributed by atoms with E-state index in [1.165, 1.54) is 49.5 Å². The minimum absolute atomic E-state index is 0. The Morgan fingerprint density at radius 2 is 1.39 bits per heavy atom. The Kier molecular flexibility index (Phi) is 7.90. The van der Waals surface area contributed by atoms with Crippen molar-refractivity contribution in [2.75, 3.05) is 0 Å². The molecular weight excluding hydrogens is 608 g/mol. The zero-order chi connectivity index (χ0) is 24.2. The second kappa shape index (κ2) is 11.0. The summed E-state index contributed by atoms with van der Waals surface area (Å²) in [6.07, 6.45) is 3.02. The third-order valence-electron chi connectivity index (χ3n) is 7.06. The van der Waals surface area contributed by atoms with Crippen LogP contribution in [0, 0.1) is 0 Å². The normalized spacial score (nSPS) is 11.8. The van der Waals surface area contributed by atoms with E-state index in [2.05, 4.69) is 131 Å². The first-order valence-electron chi connectivity index (χ1n) is 12.0. The molecule has 0 saturated heterocycles. The SMILES string of the molecule is Brc1ccc2c(c1)-c1cc3ccccc3n1CC2.Brc1ccc2ncn3c4ccccc4cc3c2c1.[B].[H-].[Na+]. The zero-order valence-electron chi connectivity index (χ0n) is 21.9. The van der Waals surface area contributed by atoms with Crippen molar-refractivity contribution in [1.29, 1.82) is 0 Å². The minimum Gasteiger partial charge on any atom is -1.00 e. The van der Waals surface area contributed by atoms with Gasteiger partial charge >= 0.3 is 29.6 Å². The number of benzene rings is 4. The molecule has 7 heteroatoms. The van der Waals surface area contributed by atoms with Crippen molar-refractivity contribution < 1.29 is 31.0 Å². The predicted octanol–water partition coefficient (Wildman–Crippen LogP) is 5.77. The van der Waals surface area contributed by atoms with E-state index in [-0.39, 0.29) is 39.4 Å². The van der Waals surface area contributed by atoms with Crippen molar-refractivity contribution in [1.82, 2.24) is 14.0 Å². The smallest absolute Gasteiger partial charge is 1.00 e. The molecular formula is C31H22BBr2N3Na. The third-order valence-corrected chi connectivity index (χ3v) is 8.04. The monoisotopic (exact) mass is 628 g/mol. The number of aryl methyl sites for hydroxylation is 2. The van der Waals surface area contributed by atoms with Gasteiger partial charge < -0.3 is 5.99 Å². The molecule has 0 saturated carbocycles. The van der Waals surface area contributed by atoms with Gasteiger partial charge in [0.2, 0.25) is 0 Å². The molecule has 4 aromatic carbocycles. The molecule has 0 bridgehead atoms. The number of para-hydroxylation sites is 2. The molecule has 1 aliphatic rings. The third kappa shape index (κ3) is 4.67. The first kappa shape index (κ1) is 27.2. The molecule has 179 valence electrons. The van der Waals surface area contributed by atoms with Crippen LogP contribution >= 0.6 is 31.9 Å². The molecule has 3 aromatic heterocycles. The van der Waals surface area contributed by atoms with E-state index in [0.717, 1.165) is 27.4 Å². The van der Waals surface area contributed by atoms with Gasteiger partial charge in [-0.1, -0.05) is 74.3 Å². The van der Waals surface area contributed by atoms with E-state index >= 15 is 0 Å². The fourth-order valence-corrected chi connectivity index (χ4v) is 6.09. The predicted molar refractivity (Wildman–Crippen MR) is 164 cm³/mol. The summed E-state index contributed by atoms with van der Waals surface area (Å²) in [6, 6.07) is 34.3. The minimum atomic E-state index is 0. The largest absolute Gasteiger partial charge is 1.00 e. The zero-order valence-corrected chi connectivity index (χ0v) is 26.1. The first-order chi connectivity index (χ1) is 17.7. The molecule has 0 atom stereocenters. The van der Waals surface area contributed by atoms with E-state index in [1.807, 2.05) is 18.5 Å². The van der Waals surface area contributed by atoms with Gasteiger partial charge in [0.05, 0.1) is 16.6 Å². The summed E-state index contributed by atoms with van der Waals surface area (Å²) in [6.45, 7) is 1.08. The van der Waals surface area contributed by atoms with E-state index in [4.69, 9.17) is 0 Å². The van der Waals surface area contributed by atoms with Crippen LogP contribution in [0.5, 0.6) is 0 Å². The second-order valence-corrected chi connectivity index (χ2v) is 11.0. The van der Waals surface area contributed by atoms with Gasteiger partial charge in [0.15, 0.2) is 0 Å². The number of hydrogen-bond acceptors (Lipinski definition) is 1. The summed E-state index contributed by atoms with van der Waals surface area (Å²) in [5.74, 6) is 0. The molecule has 0 N–H and O–H groups in total. The molecule has 4 heterocycles. The van der Waals surface area contributed by atoms with Crippen LogP contribution in [0.1, 0.15) is 6.99 Å². The summed E-state index contributed by atoms with van der Waals surface area (Å²) in [5.41, 5.74) is 8.93. The number of nitrogens with zero attached hydrogens (tertiary/aromatic N) is 3. The van der Waals surface area contributed by atoms with Crippen molar-refractivity contribution in [3.8, 4) is 11.3 Å². The van der Waals surface area contributed by atoms with Crippen LogP contribution in [0.25, 0.3) is 49.5 Å². The van der Waals surface area contributed by atoms with Crippen molar-refractivity contribution in [2.24, 2.45) is 0 Å². The fourth-order valence-electron chi connectivity index (χ4n) is 5.37. The quantitative estimate of drug-likeness (QED) is 0.196. The van der Waals surface area contributed by atoms with Gasteiger partial charge in [-0.2, -0.15) is 0 Å². The van der Waals surface area contributed by atoms with Crippen LogP contribution in [0.4, 0.5) is 0 Å². The Hall–Kier alpha value is -2.35. The summed E-state index contributed by atoms with van der Waals surface area (Å²) in [5, 5.41) is 3.75. The van der Waals surface area contributed by atoms with Crippen LogP contribution in [0.2, 0.25) is 0 Å².